The maximum Gasteiger partial charge on any atom is 0.412 e. The number of benzene rings is 10. The van der Waals surface area contributed by atoms with Crippen molar-refractivity contribution >= 4 is 103 Å². The van der Waals surface area contributed by atoms with Crippen molar-refractivity contribution in [3.05, 3.63) is 238 Å². The first-order chi connectivity index (χ1) is 58.9. The molecule has 10 aromatic carbocycles. The van der Waals surface area contributed by atoms with E-state index in [9.17, 15) is 44.4 Å². The molecule has 4 aliphatic rings. The summed E-state index contributed by atoms with van der Waals surface area (Å²) < 4.78 is 43.2. The van der Waals surface area contributed by atoms with Crippen LogP contribution < -0.4 is 42.8 Å². The van der Waals surface area contributed by atoms with E-state index >= 15 is 0 Å². The fraction of sp³-hybridized carbons (Fsp3) is 0.396. The normalized spacial score (nSPS) is 14.9. The second-order valence-corrected chi connectivity index (χ2v) is 35.6. The van der Waals surface area contributed by atoms with Crippen molar-refractivity contribution in [3.8, 4) is 17.2 Å². The van der Waals surface area contributed by atoms with Gasteiger partial charge in [0.1, 0.15) is 45.3 Å². The van der Waals surface area contributed by atoms with Crippen LogP contribution in [0, 0.1) is 0 Å². The summed E-state index contributed by atoms with van der Waals surface area (Å²) in [6.07, 6.45) is 8.73. The number of nitrogens with one attached hydrogen (secondary N) is 5. The van der Waals surface area contributed by atoms with Crippen molar-refractivity contribution in [1.29, 1.82) is 0 Å². The lowest BCUT2D eigenvalue weighted by Gasteiger charge is -2.27. The molecule has 0 fully saturated rings. The Morgan fingerprint density at radius 2 is 0.720 bits per heavy atom. The van der Waals surface area contributed by atoms with Gasteiger partial charge in [-0.25, -0.2) is 24.0 Å². The van der Waals surface area contributed by atoms with Crippen molar-refractivity contribution in [3.63, 3.8) is 0 Å². The van der Waals surface area contributed by atoms with Crippen LogP contribution in [0.5, 0.6) is 17.2 Å². The monoisotopic (exact) mass is 1710 g/mol. The van der Waals surface area contributed by atoms with Gasteiger partial charge in [-0.15, -0.1) is 0 Å². The van der Waals surface area contributed by atoms with Crippen LogP contribution >= 0.6 is 0 Å². The molecular formula is C101H129N7O17. The number of nitrogen functional groups attached to an aromatic ring is 2. The molecule has 0 bridgehead atoms. The number of phenolic OH excluding ortho intramolecular Hbond substituents is 2. The topological polar surface area (TPSA) is 352 Å². The Hall–Kier alpha value is -12.3. The zero-order valence-electron chi connectivity index (χ0n) is 75.8. The molecule has 0 aliphatic heterocycles. The number of nitrogens with two attached hydrogens (primary N) is 2. The highest BCUT2D eigenvalue weighted by Gasteiger charge is 2.28. The number of aliphatic hydroxyl groups excluding tert-OH is 2. The average molecular weight is 1710 g/mol. The van der Waals surface area contributed by atoms with Crippen LogP contribution in [0.1, 0.15) is 188 Å². The van der Waals surface area contributed by atoms with Gasteiger partial charge in [-0.3, -0.25) is 26.6 Å². The summed E-state index contributed by atoms with van der Waals surface area (Å²) in [5, 5.41) is 57.5. The fourth-order valence-corrected chi connectivity index (χ4v) is 14.2. The molecule has 0 radical (unpaired) electrons. The van der Waals surface area contributed by atoms with Crippen molar-refractivity contribution in [2.24, 2.45) is 0 Å². The largest absolute Gasteiger partial charge is 0.508 e. The molecule has 0 spiro atoms. The first-order valence-electron chi connectivity index (χ1n) is 42.7. The van der Waals surface area contributed by atoms with E-state index in [1.807, 2.05) is 252 Å². The minimum absolute atomic E-state index is 0.158. The zero-order chi connectivity index (χ0) is 91.6. The molecule has 0 saturated heterocycles. The summed E-state index contributed by atoms with van der Waals surface area (Å²) in [5.74, 6) is 2.15. The molecule has 3 atom stereocenters. The summed E-state index contributed by atoms with van der Waals surface area (Å²) in [4.78, 5) is 59.4. The second kappa shape index (κ2) is 44.9. The highest BCUT2D eigenvalue weighted by molar-refractivity contribution is 6.02. The minimum Gasteiger partial charge on any atom is -0.508 e. The van der Waals surface area contributed by atoms with E-state index in [1.54, 1.807) is 36.4 Å². The molecule has 24 heteroatoms. The lowest BCUT2D eigenvalue weighted by Crippen LogP contribution is -2.29. The molecule has 0 aromatic heterocycles. The number of amides is 5. The Morgan fingerprint density at radius 3 is 1.18 bits per heavy atom. The molecule has 4 aliphatic carbocycles. The Balaban J connectivity index is 0.000000182. The van der Waals surface area contributed by atoms with Gasteiger partial charge in [0.25, 0.3) is 0 Å². The SMILES string of the molecule is CC(C)(C)OC(=O)Nc1cccc2c1CC(O)CC2.CC(C)(C)OC(=O)Nc1cccc2ccc(O)cc12.CCOC1=CCc2cccc(NC(=O)OC(C)(C)C)c2C1.CCOC1CCc2cccc(NC(=O)OC(C)(C)C)c2C1.CCOc1ccc2cccc(NC(=O)OC(C)(C)C)c2c1.Nc1cccc2c1CC(O)CC2.Nc1cccc2ccc(O)cc12. The van der Waals surface area contributed by atoms with Gasteiger partial charge in [0.15, 0.2) is 0 Å². The first-order valence-corrected chi connectivity index (χ1v) is 42.7. The van der Waals surface area contributed by atoms with Gasteiger partial charge >= 0.3 is 30.5 Å². The minimum atomic E-state index is -0.545. The number of fused-ring (bicyclic) bond motifs is 7. The molecule has 670 valence electrons. The van der Waals surface area contributed by atoms with E-state index in [0.29, 0.717) is 43.1 Å². The van der Waals surface area contributed by atoms with Crippen LogP contribution in [0.15, 0.2) is 194 Å². The average Bonchev–Trinajstić information content (AvgIpc) is 0.675. The summed E-state index contributed by atoms with van der Waals surface area (Å²) in [6.45, 7) is 35.5. The molecule has 0 heterocycles. The number of hydrogen-bond donors (Lipinski definition) is 11. The van der Waals surface area contributed by atoms with Gasteiger partial charge < -0.3 is 69.8 Å². The molecule has 5 amide bonds. The van der Waals surface area contributed by atoms with Gasteiger partial charge in [0, 0.05) is 76.9 Å². The number of ether oxygens (including phenoxy) is 8. The summed E-state index contributed by atoms with van der Waals surface area (Å²) in [5.41, 5.74) is 23.6. The highest BCUT2D eigenvalue weighted by atomic mass is 16.6. The number of carbonyl (C=O) groups excluding carboxylic acids is 5. The number of phenols is 2. The van der Waals surface area contributed by atoms with Crippen LogP contribution in [0.2, 0.25) is 0 Å². The summed E-state index contributed by atoms with van der Waals surface area (Å²) in [7, 11) is 0. The van der Waals surface area contributed by atoms with Gasteiger partial charge in [0.2, 0.25) is 0 Å². The number of allylic oxidation sites excluding steroid dienone is 2. The van der Waals surface area contributed by atoms with E-state index in [1.165, 1.54) is 27.8 Å². The third-order valence-electron chi connectivity index (χ3n) is 19.4. The molecule has 0 saturated carbocycles. The molecule has 10 aromatic rings. The van der Waals surface area contributed by atoms with E-state index in [2.05, 4.69) is 50.9 Å². The predicted molar refractivity (Wildman–Crippen MR) is 501 cm³/mol. The third-order valence-corrected chi connectivity index (χ3v) is 19.4. The van der Waals surface area contributed by atoms with Gasteiger partial charge in [0.05, 0.1) is 48.7 Å². The van der Waals surface area contributed by atoms with Crippen LogP contribution in [-0.4, -0.2) is 117 Å². The molecule has 14 rings (SSSR count). The van der Waals surface area contributed by atoms with Crippen molar-refractivity contribution in [2.75, 3.05) is 57.9 Å². The number of hydrogen-bond acceptors (Lipinski definition) is 19. The number of aryl methyl sites for hydroxylation is 3. The third kappa shape index (κ3) is 32.7. The second-order valence-electron chi connectivity index (χ2n) is 35.6. The van der Waals surface area contributed by atoms with Crippen LogP contribution in [0.4, 0.5) is 63.8 Å². The van der Waals surface area contributed by atoms with E-state index in [0.717, 1.165) is 148 Å². The lowest BCUT2D eigenvalue weighted by atomic mass is 9.88. The van der Waals surface area contributed by atoms with E-state index < -0.39 is 58.5 Å². The number of aliphatic hydroxyl groups is 2. The summed E-state index contributed by atoms with van der Waals surface area (Å²) in [6, 6.07) is 56.7. The Bertz CT molecular complexity index is 5340. The smallest absolute Gasteiger partial charge is 0.412 e. The molecule has 24 nitrogen and oxygen atoms in total. The van der Waals surface area contributed by atoms with Crippen LogP contribution in [0.3, 0.4) is 0 Å². The Kier molecular flexibility index (Phi) is 35.3. The zero-order valence-corrected chi connectivity index (χ0v) is 75.8. The van der Waals surface area contributed by atoms with Gasteiger partial charge in [-0.05, 0) is 315 Å². The maximum atomic E-state index is 12.0. The van der Waals surface area contributed by atoms with E-state index in [-0.39, 0.29) is 29.8 Å². The van der Waals surface area contributed by atoms with E-state index in [4.69, 9.17) is 49.4 Å². The molecule has 13 N–H and O–H groups in total. The molecule has 125 heavy (non-hydrogen) atoms. The lowest BCUT2D eigenvalue weighted by molar-refractivity contribution is 0.0533. The van der Waals surface area contributed by atoms with Crippen molar-refractivity contribution < 1.29 is 82.3 Å². The molecule has 3 unspecified atom stereocenters. The number of rotatable bonds is 11. The fourth-order valence-electron chi connectivity index (χ4n) is 14.2. The molecular weight excluding hydrogens is 1580 g/mol. The number of aromatic hydroxyl groups is 2. The van der Waals surface area contributed by atoms with Crippen LogP contribution in [-0.2, 0) is 84.5 Å². The highest BCUT2D eigenvalue weighted by Crippen LogP contribution is 2.36. The summed E-state index contributed by atoms with van der Waals surface area (Å²) >= 11 is 0. The van der Waals surface area contributed by atoms with Crippen molar-refractivity contribution in [1.82, 2.24) is 0 Å². The number of anilines is 7. The number of carbonyl (C=O) groups is 5. The van der Waals surface area contributed by atoms with Gasteiger partial charge in [-0.1, -0.05) is 103 Å². The Morgan fingerprint density at radius 1 is 0.368 bits per heavy atom. The first kappa shape index (κ1) is 98.2. The standard InChI is InChI=1S/C17H25NO3.C17H23NO3.C17H21NO3.C15H21NO3.C15H17NO3.C10H13NO.C10H9NO/c3*1-5-20-13-10-9-12-7-6-8-15(14(12)11-13)18-16(19)21-17(2,3)4;2*1-15(2,3)19-14(18)16-13-6-4-5-10-7-8-11(17)9-12(10)13;2*11-10-3-1-2-7-4-5-8(12)6-9(7)10/h6-8,13H,5,9-11H2,1-4H3,(H,18,19);6-8,10H,5,9,11H2,1-4H3,(H,18,19);6-11H,5H2,1-4H3,(H,18,19);4-6,11,17H,7-9H2,1-3H3,(H,16,18);4-9,17H,1-3H3,(H,16,18);1-3,8,12H,4-6,11H2;1-6,12H,11H2. The van der Waals surface area contributed by atoms with Gasteiger partial charge in [-0.2, -0.15) is 0 Å². The predicted octanol–water partition coefficient (Wildman–Crippen LogP) is 22.6. The van der Waals surface area contributed by atoms with Crippen molar-refractivity contribution in [2.45, 2.75) is 242 Å². The quantitative estimate of drug-likeness (QED) is 0.0423. The van der Waals surface area contributed by atoms with Crippen LogP contribution in [0.25, 0.3) is 32.3 Å². The Labute approximate surface area is 736 Å². The maximum absolute atomic E-state index is 12.0.